The van der Waals surface area contributed by atoms with E-state index in [0.717, 1.165) is 29.9 Å². The molecule has 0 saturated heterocycles. The highest BCUT2D eigenvalue weighted by Crippen LogP contribution is 2.39. The van der Waals surface area contributed by atoms with Crippen molar-refractivity contribution in [1.82, 2.24) is 9.97 Å². The van der Waals surface area contributed by atoms with E-state index in [4.69, 9.17) is 11.6 Å². The normalized spacial score (nSPS) is 14.9. The predicted molar refractivity (Wildman–Crippen MR) is 64.4 cm³/mol. The third-order valence-corrected chi connectivity index (χ3v) is 2.99. The Bertz CT molecular complexity index is 550. The average Bonchev–Trinajstić information content (AvgIpc) is 3.13. The summed E-state index contributed by atoms with van der Waals surface area (Å²) in [5.41, 5.74) is 1.62. The minimum absolute atomic E-state index is 0.253. The summed E-state index contributed by atoms with van der Waals surface area (Å²) in [6.45, 7) is 0. The third kappa shape index (κ3) is 2.29. The summed E-state index contributed by atoms with van der Waals surface area (Å²) in [6.07, 6.45) is 2.26. The van der Waals surface area contributed by atoms with Crippen molar-refractivity contribution in [2.45, 2.75) is 18.8 Å². The van der Waals surface area contributed by atoms with E-state index in [1.54, 1.807) is 18.2 Å². The largest absolute Gasteiger partial charge is 0.232 e. The minimum atomic E-state index is -0.253. The molecule has 0 spiro atoms. The molecule has 86 valence electrons. The van der Waals surface area contributed by atoms with Crippen LogP contribution in [0.15, 0.2) is 30.3 Å². The molecule has 1 aromatic heterocycles. The summed E-state index contributed by atoms with van der Waals surface area (Å²) in [7, 11) is 0. The van der Waals surface area contributed by atoms with E-state index in [-0.39, 0.29) is 5.82 Å². The van der Waals surface area contributed by atoms with Gasteiger partial charge in [-0.2, -0.15) is 0 Å². The molecule has 3 rings (SSSR count). The molecule has 0 unspecified atom stereocenters. The third-order valence-electron chi connectivity index (χ3n) is 2.79. The van der Waals surface area contributed by atoms with Crippen LogP contribution in [-0.2, 0) is 0 Å². The average molecular weight is 249 g/mol. The number of aromatic nitrogens is 2. The molecular formula is C13H10ClFN2. The van der Waals surface area contributed by atoms with E-state index in [9.17, 15) is 4.39 Å². The van der Waals surface area contributed by atoms with Gasteiger partial charge in [0.15, 0.2) is 0 Å². The molecule has 2 aromatic rings. The standard InChI is InChI=1S/C13H10ClFN2/c14-12-7-11(8-3-5-10(15)6-4-8)16-13(17-12)9-1-2-9/h3-7,9H,1-2H2. The molecule has 1 aliphatic carbocycles. The molecule has 0 radical (unpaired) electrons. The van der Waals surface area contributed by atoms with Crippen molar-refractivity contribution in [3.05, 3.63) is 47.1 Å². The zero-order chi connectivity index (χ0) is 11.8. The number of benzene rings is 1. The second-order valence-electron chi connectivity index (χ2n) is 4.22. The molecule has 1 aromatic carbocycles. The number of hydrogen-bond donors (Lipinski definition) is 0. The van der Waals surface area contributed by atoms with Gasteiger partial charge in [-0.25, -0.2) is 14.4 Å². The van der Waals surface area contributed by atoms with Crippen LogP contribution < -0.4 is 0 Å². The van der Waals surface area contributed by atoms with Gasteiger partial charge in [-0.05, 0) is 37.1 Å². The van der Waals surface area contributed by atoms with Crippen LogP contribution in [0, 0.1) is 5.82 Å². The number of rotatable bonds is 2. The Hall–Kier alpha value is -1.48. The first-order valence-electron chi connectivity index (χ1n) is 5.53. The molecule has 0 bridgehead atoms. The van der Waals surface area contributed by atoms with Gasteiger partial charge >= 0.3 is 0 Å². The summed E-state index contributed by atoms with van der Waals surface area (Å²) in [6, 6.07) is 7.94. The SMILES string of the molecule is Fc1ccc(-c2cc(Cl)nc(C3CC3)n2)cc1. The van der Waals surface area contributed by atoms with Gasteiger partial charge in [-0.3, -0.25) is 0 Å². The zero-order valence-electron chi connectivity index (χ0n) is 9.03. The van der Waals surface area contributed by atoms with E-state index < -0.39 is 0 Å². The van der Waals surface area contributed by atoms with Crippen LogP contribution in [-0.4, -0.2) is 9.97 Å². The van der Waals surface area contributed by atoms with Crippen LogP contribution in [0.1, 0.15) is 24.6 Å². The molecule has 17 heavy (non-hydrogen) atoms. The van der Waals surface area contributed by atoms with Crippen molar-refractivity contribution >= 4 is 11.6 Å². The van der Waals surface area contributed by atoms with Gasteiger partial charge in [0.2, 0.25) is 0 Å². The van der Waals surface area contributed by atoms with Gasteiger partial charge in [0.25, 0.3) is 0 Å². The van der Waals surface area contributed by atoms with Crippen LogP contribution >= 0.6 is 11.6 Å². The van der Waals surface area contributed by atoms with Crippen LogP contribution in [0.25, 0.3) is 11.3 Å². The fourth-order valence-electron chi connectivity index (χ4n) is 1.73. The van der Waals surface area contributed by atoms with E-state index in [1.165, 1.54) is 12.1 Å². The molecular weight excluding hydrogens is 239 g/mol. The van der Waals surface area contributed by atoms with E-state index >= 15 is 0 Å². The van der Waals surface area contributed by atoms with Crippen LogP contribution in [0.5, 0.6) is 0 Å². The van der Waals surface area contributed by atoms with E-state index in [1.807, 2.05) is 0 Å². The fourth-order valence-corrected chi connectivity index (χ4v) is 1.92. The minimum Gasteiger partial charge on any atom is -0.232 e. The molecule has 1 heterocycles. The highest BCUT2D eigenvalue weighted by molar-refractivity contribution is 6.29. The molecule has 4 heteroatoms. The first kappa shape index (κ1) is 10.7. The number of hydrogen-bond acceptors (Lipinski definition) is 2. The quantitative estimate of drug-likeness (QED) is 0.755. The molecule has 1 saturated carbocycles. The van der Waals surface area contributed by atoms with Gasteiger partial charge in [0.05, 0.1) is 5.69 Å². The molecule has 0 aliphatic heterocycles. The number of halogens is 2. The first-order chi connectivity index (χ1) is 8.22. The lowest BCUT2D eigenvalue weighted by molar-refractivity contribution is 0.628. The van der Waals surface area contributed by atoms with Crippen LogP contribution in [0.3, 0.4) is 0 Å². The lowest BCUT2D eigenvalue weighted by Crippen LogP contribution is -1.95. The zero-order valence-corrected chi connectivity index (χ0v) is 9.78. The van der Waals surface area contributed by atoms with Crippen molar-refractivity contribution < 1.29 is 4.39 Å². The summed E-state index contributed by atoms with van der Waals surface area (Å²) in [5, 5.41) is 0.446. The Labute approximate surface area is 103 Å². The maximum Gasteiger partial charge on any atom is 0.133 e. The number of nitrogens with zero attached hydrogens (tertiary/aromatic N) is 2. The van der Waals surface area contributed by atoms with E-state index in [0.29, 0.717) is 11.1 Å². The summed E-state index contributed by atoms with van der Waals surface area (Å²) in [5.74, 6) is 1.00. The Morgan fingerprint density at radius 2 is 1.82 bits per heavy atom. The Morgan fingerprint density at radius 3 is 2.47 bits per heavy atom. The highest BCUT2D eigenvalue weighted by Gasteiger charge is 2.27. The summed E-state index contributed by atoms with van der Waals surface area (Å²) < 4.78 is 12.8. The monoisotopic (exact) mass is 248 g/mol. The maximum absolute atomic E-state index is 12.8. The van der Waals surface area contributed by atoms with Crippen molar-refractivity contribution in [3.8, 4) is 11.3 Å². The predicted octanol–water partition coefficient (Wildman–Crippen LogP) is 3.81. The molecule has 1 fully saturated rings. The van der Waals surface area contributed by atoms with Gasteiger partial charge in [-0.1, -0.05) is 11.6 Å². The van der Waals surface area contributed by atoms with Crippen LogP contribution in [0.4, 0.5) is 4.39 Å². The van der Waals surface area contributed by atoms with Gasteiger partial charge in [-0.15, -0.1) is 0 Å². The summed E-state index contributed by atoms with van der Waals surface area (Å²) >= 11 is 5.98. The Balaban J connectivity index is 2.04. The Morgan fingerprint density at radius 1 is 1.12 bits per heavy atom. The topological polar surface area (TPSA) is 25.8 Å². The van der Waals surface area contributed by atoms with Crippen molar-refractivity contribution in [2.75, 3.05) is 0 Å². The first-order valence-corrected chi connectivity index (χ1v) is 5.90. The molecule has 1 aliphatic rings. The highest BCUT2D eigenvalue weighted by atomic mass is 35.5. The van der Waals surface area contributed by atoms with Gasteiger partial charge in [0, 0.05) is 17.5 Å². The van der Waals surface area contributed by atoms with Crippen molar-refractivity contribution in [2.24, 2.45) is 0 Å². The molecule has 2 nitrogen and oxygen atoms in total. The maximum atomic E-state index is 12.8. The smallest absolute Gasteiger partial charge is 0.133 e. The van der Waals surface area contributed by atoms with Crippen molar-refractivity contribution in [3.63, 3.8) is 0 Å². The molecule has 0 amide bonds. The fraction of sp³-hybridized carbons (Fsp3) is 0.231. The van der Waals surface area contributed by atoms with Crippen molar-refractivity contribution in [1.29, 1.82) is 0 Å². The van der Waals surface area contributed by atoms with Gasteiger partial charge < -0.3 is 0 Å². The van der Waals surface area contributed by atoms with E-state index in [2.05, 4.69) is 9.97 Å². The Kier molecular flexibility index (Phi) is 2.56. The van der Waals surface area contributed by atoms with Gasteiger partial charge in [0.1, 0.15) is 16.8 Å². The second kappa shape index (κ2) is 4.08. The molecule has 0 N–H and O–H groups in total. The second-order valence-corrected chi connectivity index (χ2v) is 4.60. The summed E-state index contributed by atoms with van der Waals surface area (Å²) in [4.78, 5) is 8.70. The lowest BCUT2D eigenvalue weighted by atomic mass is 10.1. The van der Waals surface area contributed by atoms with Crippen LogP contribution in [0.2, 0.25) is 5.15 Å². The lowest BCUT2D eigenvalue weighted by Gasteiger charge is -2.04. The molecule has 0 atom stereocenters.